The van der Waals surface area contributed by atoms with E-state index in [0.29, 0.717) is 50.1 Å². The van der Waals surface area contributed by atoms with Gasteiger partial charge in [0.25, 0.3) is 0 Å². The first-order chi connectivity index (χ1) is 31.3. The molecule has 3 aliphatic carbocycles. The summed E-state index contributed by atoms with van der Waals surface area (Å²) in [6, 6.07) is 17.7. The molecule has 10 atom stereocenters. The molecule has 10 heteroatoms. The molecule has 1 aliphatic heterocycles. The Balaban J connectivity index is 1.30. The summed E-state index contributed by atoms with van der Waals surface area (Å²) < 4.78 is 5.52. The first-order valence-electron chi connectivity index (χ1n) is 24.2. The van der Waals surface area contributed by atoms with Crippen LogP contribution in [0.3, 0.4) is 0 Å². The van der Waals surface area contributed by atoms with E-state index in [1.54, 1.807) is 25.3 Å². The maximum atomic E-state index is 14.9. The number of rotatable bonds is 15. The molecule has 10 nitrogen and oxygen atoms in total. The monoisotopic (exact) mass is 885 g/mol. The second-order valence-corrected chi connectivity index (χ2v) is 19.7. The Morgan fingerprint density at radius 3 is 2.42 bits per heavy atom. The van der Waals surface area contributed by atoms with E-state index in [1.165, 1.54) is 12.7 Å². The number of nitrogens with zero attached hydrogens (tertiary/aromatic N) is 2. The number of benzene rings is 2. The van der Waals surface area contributed by atoms with Gasteiger partial charge in [0.2, 0.25) is 0 Å². The van der Waals surface area contributed by atoms with Crippen molar-refractivity contribution in [1.29, 1.82) is 0 Å². The lowest BCUT2D eigenvalue weighted by Gasteiger charge is -2.41. The number of aliphatic hydroxyl groups excluding tert-OH is 3. The number of ketones is 2. The van der Waals surface area contributed by atoms with E-state index in [9.17, 15) is 30.0 Å². The maximum Gasteiger partial charge on any atom is 0.177 e. The SMILES string of the molecule is CCCC(C(O)CC1=C[C+](C(C)CCC(O)C(C)O)C=N1)C1CC2C(=O)CC(=O)CCc3cc(OC)c(O)cc3C(c3ccccc3)C#CC2CC(C2(c3ccnc(N)c3)CCCC2)C1. The number of anilines is 1. The van der Waals surface area contributed by atoms with E-state index in [0.717, 1.165) is 73.3 Å². The van der Waals surface area contributed by atoms with E-state index < -0.39 is 30.1 Å². The van der Waals surface area contributed by atoms with E-state index in [-0.39, 0.29) is 65.2 Å². The number of ether oxygens (including phenoxy) is 1. The minimum atomic E-state index is -0.788. The van der Waals surface area contributed by atoms with Crippen molar-refractivity contribution in [3.8, 4) is 23.3 Å². The quantitative estimate of drug-likeness (QED) is 0.0567. The van der Waals surface area contributed by atoms with Gasteiger partial charge in [-0.15, -0.1) is 4.99 Å². The molecule has 346 valence electrons. The van der Waals surface area contributed by atoms with Crippen LogP contribution >= 0.6 is 0 Å². The molecule has 10 unspecified atom stereocenters. The third-order valence-corrected chi connectivity index (χ3v) is 15.4. The molecule has 0 spiro atoms. The van der Waals surface area contributed by atoms with Crippen molar-refractivity contribution in [3.63, 3.8) is 0 Å². The van der Waals surface area contributed by atoms with Gasteiger partial charge in [-0.05, 0) is 141 Å². The van der Waals surface area contributed by atoms with Gasteiger partial charge >= 0.3 is 0 Å². The van der Waals surface area contributed by atoms with Crippen LogP contribution in [0.1, 0.15) is 139 Å². The maximum absolute atomic E-state index is 14.9. The highest BCUT2D eigenvalue weighted by atomic mass is 16.5. The number of Topliss-reactive ketones (excluding diaryl/α,β-unsaturated/α-hetero) is 2. The van der Waals surface area contributed by atoms with Crippen LogP contribution in [-0.2, 0) is 21.4 Å². The number of aliphatic hydroxyl groups is 3. The molecule has 1 aromatic heterocycles. The van der Waals surface area contributed by atoms with Gasteiger partial charge in [0, 0.05) is 30.4 Å². The Morgan fingerprint density at radius 1 is 0.938 bits per heavy atom. The summed E-state index contributed by atoms with van der Waals surface area (Å²) in [5.74, 6) is 7.86. The van der Waals surface area contributed by atoms with Crippen molar-refractivity contribution in [2.24, 2.45) is 40.5 Å². The number of nitrogens with two attached hydrogens (primary N) is 1. The number of fused-ring (bicyclic) bond motifs is 2. The van der Waals surface area contributed by atoms with Crippen molar-refractivity contribution >= 4 is 23.6 Å². The Kier molecular flexibility index (Phi) is 15.9. The number of hydrogen-bond acceptors (Lipinski definition) is 10. The number of hydrogen-bond donors (Lipinski definition) is 5. The molecule has 2 aromatic carbocycles. The predicted octanol–water partition coefficient (Wildman–Crippen LogP) is 9.02. The number of pyridine rings is 1. The summed E-state index contributed by atoms with van der Waals surface area (Å²) in [4.78, 5) is 38.0. The first kappa shape index (κ1) is 48.0. The fourth-order valence-corrected chi connectivity index (χ4v) is 11.7. The summed E-state index contributed by atoms with van der Waals surface area (Å²) in [6.07, 6.45) is 13.0. The molecule has 3 aromatic rings. The van der Waals surface area contributed by atoms with Crippen molar-refractivity contribution < 1.29 is 34.8 Å². The largest absolute Gasteiger partial charge is 0.504 e. The Bertz CT molecular complexity index is 2240. The number of carbonyl (C=O) groups excluding carboxylic acids is 2. The molecular formula is C55H70N3O7+. The van der Waals surface area contributed by atoms with Crippen molar-refractivity contribution in [1.82, 2.24) is 4.98 Å². The zero-order valence-corrected chi connectivity index (χ0v) is 38.8. The molecule has 6 N–H and O–H groups in total. The topological polar surface area (TPSA) is 176 Å². The molecule has 2 saturated carbocycles. The lowest BCUT2D eigenvalue weighted by atomic mass is 9.63. The number of phenolic OH excluding ortho intramolecular Hbond substituents is 1. The fourth-order valence-electron chi connectivity index (χ4n) is 11.7. The van der Waals surface area contributed by atoms with Gasteiger partial charge in [0.1, 0.15) is 35.6 Å². The highest BCUT2D eigenvalue weighted by Gasteiger charge is 2.49. The summed E-state index contributed by atoms with van der Waals surface area (Å²) in [5.41, 5.74) is 10.8. The highest BCUT2D eigenvalue weighted by Crippen LogP contribution is 2.55. The predicted molar refractivity (Wildman–Crippen MR) is 255 cm³/mol. The van der Waals surface area contributed by atoms with Crippen LogP contribution in [0.4, 0.5) is 5.82 Å². The van der Waals surface area contributed by atoms with Crippen LogP contribution in [0.5, 0.6) is 11.5 Å². The molecule has 65 heavy (non-hydrogen) atoms. The number of methoxy groups -OCH3 is 1. The average molecular weight is 885 g/mol. The van der Waals surface area contributed by atoms with Crippen molar-refractivity contribution in [2.45, 2.75) is 147 Å². The second kappa shape index (κ2) is 21.6. The first-order valence-corrected chi connectivity index (χ1v) is 24.2. The summed E-state index contributed by atoms with van der Waals surface area (Å²) in [5, 5.41) is 43.6. The molecule has 0 amide bonds. The number of phenols is 1. The van der Waals surface area contributed by atoms with Gasteiger partial charge in [-0.25, -0.2) is 4.98 Å². The smallest absolute Gasteiger partial charge is 0.177 e. The molecule has 7 rings (SSSR count). The molecular weight excluding hydrogens is 815 g/mol. The van der Waals surface area contributed by atoms with E-state index in [2.05, 4.69) is 42.8 Å². The minimum absolute atomic E-state index is 0.00776. The Hall–Kier alpha value is -4.95. The number of nitrogen functional groups attached to an aromatic ring is 1. The number of allylic oxidation sites excluding steroid dienone is 1. The van der Waals surface area contributed by atoms with Gasteiger partial charge < -0.3 is 30.9 Å². The molecule has 2 heterocycles. The average Bonchev–Trinajstić information content (AvgIpc) is 3.95. The number of aryl methyl sites for hydroxylation is 1. The van der Waals surface area contributed by atoms with Gasteiger partial charge in [-0.2, -0.15) is 0 Å². The normalized spacial score (nSPS) is 25.6. The van der Waals surface area contributed by atoms with Gasteiger partial charge in [-0.1, -0.05) is 68.4 Å². The van der Waals surface area contributed by atoms with Crippen LogP contribution in [0.2, 0.25) is 0 Å². The Morgan fingerprint density at radius 2 is 1.71 bits per heavy atom. The van der Waals surface area contributed by atoms with Crippen molar-refractivity contribution in [3.05, 3.63) is 101 Å². The number of aromatic hydroxyl groups is 1. The fraction of sp³-hybridized carbons (Fsp3) is 0.545. The third kappa shape index (κ3) is 11.2. The summed E-state index contributed by atoms with van der Waals surface area (Å²) in [6.45, 7) is 5.84. The molecule has 0 radical (unpaired) electrons. The van der Waals surface area contributed by atoms with Gasteiger partial charge in [-0.3, -0.25) is 9.59 Å². The zero-order valence-electron chi connectivity index (χ0n) is 38.8. The van der Waals surface area contributed by atoms with Crippen LogP contribution in [0.15, 0.2) is 77.6 Å². The molecule has 4 aliphatic rings. The van der Waals surface area contributed by atoms with E-state index in [1.807, 2.05) is 42.6 Å². The summed E-state index contributed by atoms with van der Waals surface area (Å²) in [7, 11) is 1.51. The van der Waals surface area contributed by atoms with Gasteiger partial charge in [0.05, 0.1) is 44.2 Å². The van der Waals surface area contributed by atoms with E-state index in [4.69, 9.17) is 15.5 Å². The lowest BCUT2D eigenvalue weighted by molar-refractivity contribution is -0.130. The lowest BCUT2D eigenvalue weighted by Crippen LogP contribution is -2.36. The molecule has 0 bridgehead atoms. The highest BCUT2D eigenvalue weighted by molar-refractivity contribution is 6.00. The molecule has 0 saturated heterocycles. The Labute approximate surface area is 386 Å². The second-order valence-electron chi connectivity index (χ2n) is 19.7. The molecule has 2 fully saturated rings. The van der Waals surface area contributed by atoms with Crippen molar-refractivity contribution in [2.75, 3.05) is 12.8 Å². The number of aromatic nitrogens is 1. The van der Waals surface area contributed by atoms with E-state index >= 15 is 0 Å². The van der Waals surface area contributed by atoms with Gasteiger partial charge in [0.15, 0.2) is 17.2 Å². The van der Waals surface area contributed by atoms with Crippen LogP contribution in [-0.4, -0.2) is 68.6 Å². The number of aliphatic imine (C=N–C) groups is 1. The third-order valence-electron chi connectivity index (χ3n) is 15.4. The van der Waals surface area contributed by atoms with Crippen LogP contribution in [0, 0.1) is 53.3 Å². The zero-order chi connectivity index (χ0) is 46.3. The van der Waals surface area contributed by atoms with Crippen LogP contribution < -0.4 is 10.5 Å². The van der Waals surface area contributed by atoms with Crippen LogP contribution in [0.25, 0.3) is 0 Å². The summed E-state index contributed by atoms with van der Waals surface area (Å²) >= 11 is 0. The standard InChI is InChI=1S/C55H69N3O7/c1-5-11-46(50(62)30-43-26-40(33-58-43)34(2)14-19-49(61)35(3)59)39-25-42(55(21-9-10-22-55)41-20-23-57-54(56)29-41)24-37-16-18-45(36-12-7-6-8-13-36)47-32-52(64)53(65-4)28-38(47)15-17-44(60)31-51(63)48(37)27-39/h6-8,12-13,20,23,26,28-29,32-35,37,39,42,45-46,48-50,59,61-62H,5,9-11,14-15,17,19,21-22,24-25,27,30-31H2,1-4H3,(H2-,56,57,64)/p+1. The minimum Gasteiger partial charge on any atom is -0.504 e. The number of carbonyl (C=O) groups is 2.